The Morgan fingerprint density at radius 3 is 2.48 bits per heavy atom. The van der Waals surface area contributed by atoms with E-state index in [1.807, 2.05) is 0 Å². The predicted molar refractivity (Wildman–Crippen MR) is 122 cm³/mol. The summed E-state index contributed by atoms with van der Waals surface area (Å²) in [5.74, 6) is 0.873. The number of rotatable bonds is 5. The topological polar surface area (TPSA) is 66.8 Å². The molecule has 6 nitrogen and oxygen atoms in total. The highest BCUT2D eigenvalue weighted by Crippen LogP contribution is 2.29. The number of benzene rings is 1. The van der Waals surface area contributed by atoms with Crippen molar-refractivity contribution in [2.75, 3.05) is 11.4 Å². The maximum absolute atomic E-state index is 13.4. The van der Waals surface area contributed by atoms with Crippen molar-refractivity contribution in [3.8, 4) is 0 Å². The molecular formula is C24H32FN5O. The highest BCUT2D eigenvalue weighted by atomic mass is 19.1. The Morgan fingerprint density at radius 2 is 1.84 bits per heavy atom. The van der Waals surface area contributed by atoms with Gasteiger partial charge in [0.15, 0.2) is 5.52 Å². The standard InChI is InChI=1S/C24H32FN5O/c1-24(2,3)21-19-20(29(4)28-21)22(31)27-23(26-19)30(14-16-8-6-5-7-9-16)15-17-10-12-18(25)13-11-17/h10-13,16H,5-9,14-15H2,1-4H3,(H,26,27,31). The molecule has 2 heterocycles. The molecule has 0 saturated heterocycles. The lowest BCUT2D eigenvalue weighted by molar-refractivity contribution is 0.356. The van der Waals surface area contributed by atoms with E-state index in [0.717, 1.165) is 17.8 Å². The van der Waals surface area contributed by atoms with Crippen LogP contribution in [-0.2, 0) is 19.0 Å². The fraction of sp³-hybridized carbons (Fsp3) is 0.542. The van der Waals surface area contributed by atoms with Crippen molar-refractivity contribution < 1.29 is 4.39 Å². The molecule has 1 aromatic carbocycles. The quantitative estimate of drug-likeness (QED) is 0.645. The zero-order valence-corrected chi connectivity index (χ0v) is 18.9. The molecule has 1 aliphatic carbocycles. The molecule has 4 rings (SSSR count). The van der Waals surface area contributed by atoms with E-state index >= 15 is 0 Å². The number of nitrogens with zero attached hydrogens (tertiary/aromatic N) is 4. The average Bonchev–Trinajstić information content (AvgIpc) is 3.07. The van der Waals surface area contributed by atoms with Gasteiger partial charge in [-0.2, -0.15) is 5.10 Å². The Morgan fingerprint density at radius 1 is 1.16 bits per heavy atom. The second kappa shape index (κ2) is 8.44. The van der Waals surface area contributed by atoms with E-state index in [1.54, 1.807) is 23.9 Å². The maximum Gasteiger partial charge on any atom is 0.278 e. The molecule has 1 saturated carbocycles. The van der Waals surface area contributed by atoms with Gasteiger partial charge in [-0.05, 0) is 36.5 Å². The van der Waals surface area contributed by atoms with Crippen LogP contribution in [0.5, 0.6) is 0 Å². The summed E-state index contributed by atoms with van der Waals surface area (Å²) in [7, 11) is 1.78. The number of fused-ring (bicyclic) bond motifs is 1. The second-order valence-electron chi connectivity index (χ2n) is 9.82. The van der Waals surface area contributed by atoms with Crippen LogP contribution in [0.1, 0.15) is 64.1 Å². The van der Waals surface area contributed by atoms with Crippen LogP contribution in [0.2, 0.25) is 0 Å². The second-order valence-corrected chi connectivity index (χ2v) is 9.82. The van der Waals surface area contributed by atoms with Gasteiger partial charge >= 0.3 is 0 Å². The van der Waals surface area contributed by atoms with Crippen molar-refractivity contribution >= 4 is 17.0 Å². The molecule has 7 heteroatoms. The van der Waals surface area contributed by atoms with Gasteiger partial charge < -0.3 is 4.90 Å². The molecule has 0 amide bonds. The van der Waals surface area contributed by atoms with Gasteiger partial charge in [0.2, 0.25) is 5.95 Å². The van der Waals surface area contributed by atoms with E-state index < -0.39 is 0 Å². The highest BCUT2D eigenvalue weighted by molar-refractivity contribution is 5.78. The van der Waals surface area contributed by atoms with Crippen molar-refractivity contribution in [3.05, 3.63) is 51.7 Å². The number of aromatic nitrogens is 4. The molecule has 0 spiro atoms. The zero-order valence-electron chi connectivity index (χ0n) is 18.9. The Bertz CT molecular complexity index is 1100. The van der Waals surface area contributed by atoms with Crippen molar-refractivity contribution in [2.45, 2.75) is 64.8 Å². The lowest BCUT2D eigenvalue weighted by Crippen LogP contribution is -2.33. The van der Waals surface area contributed by atoms with Crippen molar-refractivity contribution in [2.24, 2.45) is 13.0 Å². The van der Waals surface area contributed by atoms with E-state index in [0.29, 0.717) is 29.4 Å². The van der Waals surface area contributed by atoms with E-state index in [4.69, 9.17) is 4.98 Å². The first-order valence-electron chi connectivity index (χ1n) is 11.2. The zero-order chi connectivity index (χ0) is 22.2. The summed E-state index contributed by atoms with van der Waals surface area (Å²) in [4.78, 5) is 23.1. The van der Waals surface area contributed by atoms with Gasteiger partial charge in [-0.25, -0.2) is 9.37 Å². The molecule has 1 fully saturated rings. The van der Waals surface area contributed by atoms with Crippen molar-refractivity contribution in [1.29, 1.82) is 0 Å². The third-order valence-corrected chi connectivity index (χ3v) is 6.18. The van der Waals surface area contributed by atoms with Gasteiger partial charge in [0.1, 0.15) is 11.3 Å². The van der Waals surface area contributed by atoms with Crippen LogP contribution in [0.4, 0.5) is 10.3 Å². The summed E-state index contributed by atoms with van der Waals surface area (Å²) in [6, 6.07) is 6.55. The normalized spacial score (nSPS) is 15.5. The summed E-state index contributed by atoms with van der Waals surface area (Å²) < 4.78 is 15.0. The first-order chi connectivity index (χ1) is 14.7. The van der Waals surface area contributed by atoms with E-state index in [-0.39, 0.29) is 16.8 Å². The number of aromatic amines is 1. The maximum atomic E-state index is 13.4. The number of aryl methyl sites for hydroxylation is 1. The monoisotopic (exact) mass is 425 g/mol. The molecule has 1 N–H and O–H groups in total. The van der Waals surface area contributed by atoms with Crippen LogP contribution in [0, 0.1) is 11.7 Å². The Balaban J connectivity index is 1.77. The van der Waals surface area contributed by atoms with Gasteiger partial charge in [-0.1, -0.05) is 52.2 Å². The minimum Gasteiger partial charge on any atom is -0.338 e. The minimum absolute atomic E-state index is 0.182. The molecule has 1 aliphatic rings. The molecule has 0 aliphatic heterocycles. The Hall–Kier alpha value is -2.70. The van der Waals surface area contributed by atoms with Crippen LogP contribution in [0.3, 0.4) is 0 Å². The van der Waals surface area contributed by atoms with Gasteiger partial charge in [-0.3, -0.25) is 14.5 Å². The lowest BCUT2D eigenvalue weighted by atomic mass is 9.89. The summed E-state index contributed by atoms with van der Waals surface area (Å²) in [6.07, 6.45) is 6.16. The van der Waals surface area contributed by atoms with Crippen LogP contribution >= 0.6 is 0 Å². The van der Waals surface area contributed by atoms with Crippen LogP contribution in [0.25, 0.3) is 11.0 Å². The van der Waals surface area contributed by atoms with Gasteiger partial charge in [-0.15, -0.1) is 0 Å². The summed E-state index contributed by atoms with van der Waals surface area (Å²) >= 11 is 0. The third kappa shape index (κ3) is 4.65. The first kappa shape index (κ1) is 21.5. The van der Waals surface area contributed by atoms with E-state index in [1.165, 1.54) is 44.2 Å². The van der Waals surface area contributed by atoms with Gasteiger partial charge in [0, 0.05) is 25.6 Å². The largest absolute Gasteiger partial charge is 0.338 e. The fourth-order valence-electron chi connectivity index (χ4n) is 4.54. The first-order valence-corrected chi connectivity index (χ1v) is 11.2. The van der Waals surface area contributed by atoms with Crippen LogP contribution < -0.4 is 10.5 Å². The molecule has 166 valence electrons. The molecule has 0 unspecified atom stereocenters. The molecule has 31 heavy (non-hydrogen) atoms. The number of anilines is 1. The predicted octanol–water partition coefficient (Wildman–Crippen LogP) is 4.68. The van der Waals surface area contributed by atoms with Gasteiger partial charge in [0.25, 0.3) is 5.56 Å². The highest BCUT2D eigenvalue weighted by Gasteiger charge is 2.26. The van der Waals surface area contributed by atoms with Crippen molar-refractivity contribution in [3.63, 3.8) is 0 Å². The summed E-state index contributed by atoms with van der Waals surface area (Å²) in [5.41, 5.74) is 2.54. The molecule has 0 radical (unpaired) electrons. The van der Waals surface area contributed by atoms with Crippen LogP contribution in [-0.4, -0.2) is 26.3 Å². The molecular weight excluding hydrogens is 393 g/mol. The molecule has 3 aromatic rings. The van der Waals surface area contributed by atoms with E-state index in [2.05, 4.69) is 35.8 Å². The summed E-state index contributed by atoms with van der Waals surface area (Å²) in [6.45, 7) is 7.62. The molecule has 0 bridgehead atoms. The summed E-state index contributed by atoms with van der Waals surface area (Å²) in [5, 5.41) is 4.61. The van der Waals surface area contributed by atoms with Gasteiger partial charge in [0.05, 0.1) is 5.69 Å². The molecule has 0 atom stereocenters. The molecule has 2 aromatic heterocycles. The number of H-pyrrole nitrogens is 1. The number of hydrogen-bond donors (Lipinski definition) is 1. The average molecular weight is 426 g/mol. The Kier molecular flexibility index (Phi) is 5.86. The fourth-order valence-corrected chi connectivity index (χ4v) is 4.54. The number of halogens is 1. The smallest absolute Gasteiger partial charge is 0.278 e. The minimum atomic E-state index is -0.249. The lowest BCUT2D eigenvalue weighted by Gasteiger charge is -2.30. The van der Waals surface area contributed by atoms with Crippen molar-refractivity contribution in [1.82, 2.24) is 19.7 Å². The number of hydrogen-bond acceptors (Lipinski definition) is 4. The number of nitrogens with one attached hydrogen (secondary N) is 1. The van der Waals surface area contributed by atoms with E-state index in [9.17, 15) is 9.18 Å². The Labute approximate surface area is 182 Å². The SMILES string of the molecule is Cn1nc(C(C)(C)C)c2nc(N(Cc3ccc(F)cc3)CC3CCCCC3)[nH]c(=O)c21. The third-order valence-electron chi connectivity index (χ3n) is 6.18. The van der Waals surface area contributed by atoms with Crippen LogP contribution in [0.15, 0.2) is 29.1 Å².